The van der Waals surface area contributed by atoms with E-state index in [1.807, 2.05) is 30.3 Å². The van der Waals surface area contributed by atoms with Crippen LogP contribution in [-0.4, -0.2) is 23.2 Å². The molecule has 2 rings (SSSR count). The van der Waals surface area contributed by atoms with Crippen LogP contribution < -0.4 is 0 Å². The zero-order valence-corrected chi connectivity index (χ0v) is 8.13. The van der Waals surface area contributed by atoms with Gasteiger partial charge < -0.3 is 5.11 Å². The zero-order chi connectivity index (χ0) is 10.7. The van der Waals surface area contributed by atoms with Gasteiger partial charge >= 0.3 is 0 Å². The Hall–Kier alpha value is -1.74. The van der Waals surface area contributed by atoms with Gasteiger partial charge in [0.1, 0.15) is 6.10 Å². The molecule has 76 valence electrons. The third-order valence-corrected chi connectivity index (χ3v) is 2.27. The number of benzene rings is 1. The van der Waals surface area contributed by atoms with Gasteiger partial charge in [-0.1, -0.05) is 30.3 Å². The molecule has 1 atom stereocenters. The first kappa shape index (κ1) is 9.80. The Kier molecular flexibility index (Phi) is 2.74. The first-order chi connectivity index (χ1) is 7.29. The van der Waals surface area contributed by atoms with E-state index in [-0.39, 0.29) is 0 Å². The summed E-state index contributed by atoms with van der Waals surface area (Å²) in [7, 11) is 0. The number of rotatable bonds is 2. The first-order valence-corrected chi connectivity index (χ1v) is 4.77. The summed E-state index contributed by atoms with van der Waals surface area (Å²) in [5, 5.41) is 9.61. The number of hydrogen-bond donors (Lipinski definition) is 1. The molecule has 0 bridgehead atoms. The number of nitrogens with zero attached hydrogens (tertiary/aromatic N) is 1. The van der Waals surface area contributed by atoms with Crippen LogP contribution in [0.5, 0.6) is 0 Å². The molecule has 0 amide bonds. The minimum atomic E-state index is -0.648. The summed E-state index contributed by atoms with van der Waals surface area (Å²) < 4.78 is 0. The molecule has 1 heterocycles. The molecule has 0 fully saturated rings. The van der Waals surface area contributed by atoms with E-state index in [0.29, 0.717) is 24.1 Å². The summed E-state index contributed by atoms with van der Waals surface area (Å²) in [5.41, 5.74) is 1.94. The van der Waals surface area contributed by atoms with Crippen molar-refractivity contribution in [3.63, 3.8) is 0 Å². The van der Waals surface area contributed by atoms with Gasteiger partial charge in [0.2, 0.25) is 0 Å². The van der Waals surface area contributed by atoms with Gasteiger partial charge in [-0.15, -0.1) is 0 Å². The van der Waals surface area contributed by atoms with Crippen LogP contribution in [0.4, 0.5) is 0 Å². The lowest BCUT2D eigenvalue weighted by atomic mass is 10.1. The second kappa shape index (κ2) is 4.19. The van der Waals surface area contributed by atoms with Crippen molar-refractivity contribution in [2.45, 2.75) is 12.5 Å². The van der Waals surface area contributed by atoms with Gasteiger partial charge in [-0.05, 0) is 11.6 Å². The molecule has 1 unspecified atom stereocenters. The lowest BCUT2D eigenvalue weighted by Crippen LogP contribution is -2.06. The normalized spacial score (nSPS) is 22.9. The fourth-order valence-electron chi connectivity index (χ4n) is 1.51. The average Bonchev–Trinajstić information content (AvgIpc) is 2.61. The van der Waals surface area contributed by atoms with Crippen molar-refractivity contribution in [2.75, 3.05) is 0 Å². The third-order valence-electron chi connectivity index (χ3n) is 2.27. The van der Waals surface area contributed by atoms with Gasteiger partial charge in [-0.3, -0.25) is 9.79 Å². The third kappa shape index (κ3) is 2.19. The second-order valence-electron chi connectivity index (χ2n) is 3.42. The number of hydrogen-bond acceptors (Lipinski definition) is 3. The van der Waals surface area contributed by atoms with E-state index in [1.165, 1.54) is 0 Å². The van der Waals surface area contributed by atoms with E-state index in [9.17, 15) is 9.90 Å². The molecule has 1 aliphatic rings. The molecule has 1 N–H and O–H groups in total. The largest absolute Gasteiger partial charge is 0.386 e. The van der Waals surface area contributed by atoms with Crippen molar-refractivity contribution in [1.82, 2.24) is 0 Å². The molecule has 3 heteroatoms. The van der Waals surface area contributed by atoms with Gasteiger partial charge in [0.15, 0.2) is 6.29 Å². The van der Waals surface area contributed by atoms with Crippen molar-refractivity contribution in [1.29, 1.82) is 0 Å². The Bertz CT molecular complexity index is 421. The maximum Gasteiger partial charge on any atom is 0.164 e. The number of carbonyl (C=O) groups excluding carboxylic acids is 1. The summed E-state index contributed by atoms with van der Waals surface area (Å²) in [4.78, 5) is 14.5. The zero-order valence-electron chi connectivity index (χ0n) is 8.13. The van der Waals surface area contributed by atoms with Crippen molar-refractivity contribution >= 4 is 18.1 Å². The van der Waals surface area contributed by atoms with Crippen molar-refractivity contribution in [3.8, 4) is 0 Å². The highest BCUT2D eigenvalue weighted by Crippen LogP contribution is 2.20. The summed E-state index contributed by atoms with van der Waals surface area (Å²) in [5.74, 6) is 0. The van der Waals surface area contributed by atoms with Crippen LogP contribution in [-0.2, 0) is 4.79 Å². The predicted octanol–water partition coefficient (Wildman–Crippen LogP) is 1.43. The molecule has 1 aromatic rings. The molecule has 15 heavy (non-hydrogen) atoms. The highest BCUT2D eigenvalue weighted by Gasteiger charge is 2.20. The van der Waals surface area contributed by atoms with Crippen LogP contribution in [0, 0.1) is 0 Å². The summed E-state index contributed by atoms with van der Waals surface area (Å²) in [6.07, 6.45) is 2.16. The fourth-order valence-corrected chi connectivity index (χ4v) is 1.51. The number of aldehydes is 1. The van der Waals surface area contributed by atoms with Crippen molar-refractivity contribution in [2.24, 2.45) is 4.99 Å². The quantitative estimate of drug-likeness (QED) is 0.736. The van der Waals surface area contributed by atoms with E-state index >= 15 is 0 Å². The number of aliphatic hydroxyl groups excluding tert-OH is 1. The maximum atomic E-state index is 10.5. The maximum absolute atomic E-state index is 10.5. The molecule has 0 spiro atoms. The molecular formula is C12H11NO2. The van der Waals surface area contributed by atoms with Gasteiger partial charge in [0, 0.05) is 6.42 Å². The van der Waals surface area contributed by atoms with Crippen LogP contribution in [0.1, 0.15) is 12.0 Å². The van der Waals surface area contributed by atoms with E-state index in [1.54, 1.807) is 6.08 Å². The summed E-state index contributed by atoms with van der Waals surface area (Å²) in [6.45, 7) is 0. The molecule has 0 aromatic heterocycles. The van der Waals surface area contributed by atoms with Gasteiger partial charge in [-0.25, -0.2) is 0 Å². The number of aliphatic imine (C=N–C) groups is 1. The van der Waals surface area contributed by atoms with Crippen molar-refractivity contribution < 1.29 is 9.90 Å². The molecule has 1 aliphatic heterocycles. The Balaban J connectivity index is 2.28. The van der Waals surface area contributed by atoms with E-state index in [0.717, 1.165) is 5.56 Å². The Morgan fingerprint density at radius 2 is 2.07 bits per heavy atom. The number of carbonyl (C=O) groups is 1. The Morgan fingerprint density at radius 1 is 1.33 bits per heavy atom. The SMILES string of the molecule is O=CC1=NC(=Cc2ccccc2)C(O)C1. The van der Waals surface area contributed by atoms with Crippen LogP contribution >= 0.6 is 0 Å². The molecule has 0 radical (unpaired) electrons. The summed E-state index contributed by atoms with van der Waals surface area (Å²) in [6, 6.07) is 9.60. The predicted molar refractivity (Wildman–Crippen MR) is 58.5 cm³/mol. The molecule has 3 nitrogen and oxygen atoms in total. The fraction of sp³-hybridized carbons (Fsp3) is 0.167. The second-order valence-corrected chi connectivity index (χ2v) is 3.42. The highest BCUT2D eigenvalue weighted by atomic mass is 16.3. The first-order valence-electron chi connectivity index (χ1n) is 4.77. The van der Waals surface area contributed by atoms with Gasteiger partial charge in [0.25, 0.3) is 0 Å². The molecule has 0 aliphatic carbocycles. The van der Waals surface area contributed by atoms with E-state index in [4.69, 9.17) is 0 Å². The van der Waals surface area contributed by atoms with E-state index < -0.39 is 6.10 Å². The lowest BCUT2D eigenvalue weighted by molar-refractivity contribution is -0.102. The van der Waals surface area contributed by atoms with Gasteiger partial charge in [-0.2, -0.15) is 0 Å². The Morgan fingerprint density at radius 3 is 2.67 bits per heavy atom. The topological polar surface area (TPSA) is 49.7 Å². The average molecular weight is 201 g/mol. The highest BCUT2D eigenvalue weighted by molar-refractivity contribution is 6.29. The molecule has 0 saturated carbocycles. The van der Waals surface area contributed by atoms with Crippen molar-refractivity contribution in [3.05, 3.63) is 41.6 Å². The van der Waals surface area contributed by atoms with Crippen LogP contribution in [0.15, 0.2) is 41.0 Å². The van der Waals surface area contributed by atoms with Crippen LogP contribution in [0.25, 0.3) is 6.08 Å². The molecule has 0 saturated heterocycles. The molecular weight excluding hydrogens is 190 g/mol. The number of aliphatic hydroxyl groups is 1. The van der Waals surface area contributed by atoms with Gasteiger partial charge in [0.05, 0.1) is 11.4 Å². The Labute approximate surface area is 87.8 Å². The minimum absolute atomic E-state index is 0.322. The smallest absolute Gasteiger partial charge is 0.164 e. The summed E-state index contributed by atoms with van der Waals surface area (Å²) >= 11 is 0. The van der Waals surface area contributed by atoms with Crippen LogP contribution in [0.2, 0.25) is 0 Å². The molecule has 1 aromatic carbocycles. The van der Waals surface area contributed by atoms with Crippen LogP contribution in [0.3, 0.4) is 0 Å². The lowest BCUT2D eigenvalue weighted by Gasteiger charge is -2.01. The minimum Gasteiger partial charge on any atom is -0.386 e. The monoisotopic (exact) mass is 201 g/mol. The standard InChI is InChI=1S/C12H11NO2/c14-8-10-7-12(15)11(13-10)6-9-4-2-1-3-5-9/h1-6,8,12,15H,7H2. The van der Waals surface area contributed by atoms with E-state index in [2.05, 4.69) is 4.99 Å².